The van der Waals surface area contributed by atoms with Crippen molar-refractivity contribution >= 4 is 52.1 Å². The first-order chi connectivity index (χ1) is 40.6. The number of H-pyrrole nitrogens is 3. The summed E-state index contributed by atoms with van der Waals surface area (Å²) in [6.45, 7) is 7.43. The topological polar surface area (TPSA) is 524 Å². The highest BCUT2D eigenvalue weighted by Crippen LogP contribution is 2.48. The summed E-state index contributed by atoms with van der Waals surface area (Å²) in [5.41, 5.74) is 25.8. The van der Waals surface area contributed by atoms with Crippen molar-refractivity contribution in [1.29, 1.82) is 0 Å². The zero-order valence-corrected chi connectivity index (χ0v) is 45.4. The highest BCUT2D eigenvalue weighted by molar-refractivity contribution is 5.90. The minimum atomic E-state index is -2.07. The number of aliphatic hydroxyl groups is 3. The van der Waals surface area contributed by atoms with Crippen LogP contribution in [0.3, 0.4) is 0 Å². The van der Waals surface area contributed by atoms with Gasteiger partial charge in [0.05, 0.1) is 30.4 Å². The van der Waals surface area contributed by atoms with Crippen LogP contribution in [0.4, 0.5) is 11.9 Å². The third kappa shape index (κ3) is 11.9. The van der Waals surface area contributed by atoms with Crippen molar-refractivity contribution < 1.29 is 53.4 Å². The van der Waals surface area contributed by atoms with Gasteiger partial charge in [-0.25, -0.2) is 24.4 Å². The quantitative estimate of drug-likeness (QED) is 0.0335. The molecule has 5 aromatic heterocycles. The van der Waals surface area contributed by atoms with Gasteiger partial charge in [-0.3, -0.25) is 53.1 Å². The van der Waals surface area contributed by atoms with E-state index in [1.165, 1.54) is 24.0 Å². The van der Waals surface area contributed by atoms with E-state index in [1.54, 1.807) is 88.4 Å². The summed E-state index contributed by atoms with van der Waals surface area (Å²) >= 11 is 0. The molecule has 3 fully saturated rings. The number of anilines is 2. The van der Waals surface area contributed by atoms with E-state index in [0.717, 1.165) is 21.5 Å². The Morgan fingerprint density at radius 2 is 1.15 bits per heavy atom. The first-order valence-electron chi connectivity index (χ1n) is 25.6. The summed E-state index contributed by atoms with van der Waals surface area (Å²) in [5, 5.41) is 42.9. The second-order valence-electron chi connectivity index (χ2n) is 19.2. The number of esters is 2. The number of aromatic nitrogens is 10. The van der Waals surface area contributed by atoms with Crippen LogP contribution in [0.25, 0.3) is 53.7 Å². The molecule has 36 heteroatoms. The lowest BCUT2D eigenvalue weighted by Gasteiger charge is -2.26. The lowest BCUT2D eigenvalue weighted by molar-refractivity contribution is -0.123. The Morgan fingerprint density at radius 1 is 0.694 bits per heavy atom. The first-order valence-corrected chi connectivity index (χ1v) is 25.6. The summed E-state index contributed by atoms with van der Waals surface area (Å²) in [5.74, 6) is -2.98. The number of azide groups is 3. The molecule has 3 saturated heterocycles. The number of hydrogen-bond acceptors (Lipinski definition) is 23. The van der Waals surface area contributed by atoms with Gasteiger partial charge in [0.2, 0.25) is 23.5 Å². The molecule has 7 aromatic rings. The molecule has 3 aliphatic heterocycles. The molecule has 36 nitrogen and oxygen atoms in total. The van der Waals surface area contributed by atoms with Crippen LogP contribution in [0.1, 0.15) is 86.9 Å². The number of carbonyl (C=O) groups is 3. The average molecular weight is 1180 g/mol. The highest BCUT2D eigenvalue weighted by Gasteiger charge is 2.57. The van der Waals surface area contributed by atoms with Gasteiger partial charge >= 0.3 is 17.6 Å². The number of nitrogens with two attached hydrogens (primary N) is 1. The monoisotopic (exact) mass is 1180 g/mol. The lowest BCUT2D eigenvalue weighted by atomic mass is 9.92. The van der Waals surface area contributed by atoms with Crippen molar-refractivity contribution in [1.82, 2.24) is 48.6 Å². The van der Waals surface area contributed by atoms with Crippen molar-refractivity contribution in [2.45, 2.75) is 108 Å². The van der Waals surface area contributed by atoms with E-state index < -0.39 is 119 Å². The summed E-state index contributed by atoms with van der Waals surface area (Å²) in [6, 6.07) is 18.0. The predicted molar refractivity (Wildman–Crippen MR) is 292 cm³/mol. The van der Waals surface area contributed by atoms with Crippen LogP contribution < -0.4 is 33.4 Å². The fourth-order valence-corrected chi connectivity index (χ4v) is 9.80. The number of nitrogens with zero attached hydrogens (tertiary/aromatic N) is 16. The number of ether oxygens (including phenoxy) is 5. The molecule has 0 spiro atoms. The van der Waals surface area contributed by atoms with Gasteiger partial charge in [0.15, 0.2) is 64.7 Å². The molecule has 85 heavy (non-hydrogen) atoms. The Labute approximate surface area is 475 Å². The van der Waals surface area contributed by atoms with Crippen LogP contribution in [-0.2, 0) is 28.5 Å². The fraction of sp³-hybridized carbons (Fsp3) is 0.408. The number of benzene rings is 2. The normalized spacial score (nSPS) is 26.5. The molecule has 12 atom stereocenters. The minimum absolute atomic E-state index is 0.00261. The Morgan fingerprint density at radius 3 is 1.62 bits per heavy atom. The molecule has 1 amide bonds. The Kier molecular flexibility index (Phi) is 17.9. The van der Waals surface area contributed by atoms with Crippen LogP contribution in [0.15, 0.2) is 120 Å². The molecule has 0 aliphatic carbocycles. The number of rotatable bonds is 14. The number of aliphatic hydroxyl groups excluding tert-OH is 3. The Balaban J connectivity index is 0.000000169. The molecule has 0 saturated carbocycles. The molecule has 0 bridgehead atoms. The molecule has 444 valence electrons. The van der Waals surface area contributed by atoms with Gasteiger partial charge in [-0.15, -0.1) is 0 Å². The van der Waals surface area contributed by atoms with Gasteiger partial charge < -0.3 is 44.7 Å². The smallest absolute Gasteiger partial charge is 0.338 e. The molecule has 3 aliphatic rings. The number of aromatic amines is 3. The predicted octanol–water partition coefficient (Wildman–Crippen LogP) is 3.18. The maximum absolute atomic E-state index is 12.9. The highest BCUT2D eigenvalue weighted by atomic mass is 16.6. The van der Waals surface area contributed by atoms with Crippen molar-refractivity contribution in [3.63, 3.8) is 0 Å². The number of fused-ring (bicyclic) bond motifs is 2. The molecule has 0 radical (unpaired) electrons. The van der Waals surface area contributed by atoms with E-state index in [4.69, 9.17) is 40.5 Å². The third-order valence-corrected chi connectivity index (χ3v) is 14.3. The summed E-state index contributed by atoms with van der Waals surface area (Å²) in [6.07, 6.45) is -4.19. The maximum Gasteiger partial charge on any atom is 0.338 e. The SMILES string of the molecule is CC[C@@]1(N=[N+]=[N-])O[C@@H](n2ccc(=O)[nH]c2=O)[C@H](OC(=O)c2ccccc2)[C@@H]1C.CC[C@@]1(N=[N+]=[N-])O[C@@H](n2cnc3c(=O)[nH]c(NC(C)=O)nc32)[C@H](OC(=O)c2ccccc2)[C@@H]1C.[N-]=[N+]=N[C@]1(CO)O[C@@H](n2cnc3c(=O)[nH]c(N)nc32)[C@H](O)[C@@H]1O. The second-order valence-corrected chi connectivity index (χ2v) is 19.2. The number of imidazole rings is 2. The zero-order chi connectivity index (χ0) is 61.5. The molecule has 2 aromatic carbocycles. The van der Waals surface area contributed by atoms with E-state index in [0.29, 0.717) is 24.0 Å². The van der Waals surface area contributed by atoms with E-state index in [2.05, 4.69) is 70.3 Å². The maximum atomic E-state index is 12.9. The number of nitrogen functional groups attached to an aromatic ring is 1. The van der Waals surface area contributed by atoms with Crippen molar-refractivity contribution in [2.24, 2.45) is 27.2 Å². The summed E-state index contributed by atoms with van der Waals surface area (Å²) in [4.78, 5) is 116. The lowest BCUT2D eigenvalue weighted by Crippen LogP contribution is -2.44. The number of hydrogen-bond donors (Lipinski definition) is 8. The number of nitrogens with one attached hydrogen (secondary N) is 4. The molecule has 8 heterocycles. The minimum Gasteiger partial charge on any atom is -0.454 e. The van der Waals surface area contributed by atoms with Gasteiger partial charge in [-0.1, -0.05) is 79.4 Å². The molecule has 9 N–H and O–H groups in total. The summed E-state index contributed by atoms with van der Waals surface area (Å²) < 4.78 is 32.7. The van der Waals surface area contributed by atoms with E-state index >= 15 is 0 Å². The van der Waals surface area contributed by atoms with Gasteiger partial charge in [-0.2, -0.15) is 9.97 Å². The van der Waals surface area contributed by atoms with Crippen LogP contribution in [0.2, 0.25) is 0 Å². The van der Waals surface area contributed by atoms with E-state index in [-0.39, 0.29) is 34.2 Å². The fourth-order valence-electron chi connectivity index (χ4n) is 9.80. The van der Waals surface area contributed by atoms with Crippen LogP contribution >= 0.6 is 0 Å². The molecular weight excluding hydrogens is 1120 g/mol. The molecule has 0 unspecified atom stereocenters. The van der Waals surface area contributed by atoms with Gasteiger partial charge in [-0.05, 0) is 53.7 Å². The van der Waals surface area contributed by atoms with Gasteiger partial charge in [0, 0.05) is 45.8 Å². The van der Waals surface area contributed by atoms with Gasteiger partial charge in [0.1, 0.15) is 12.2 Å². The zero-order valence-electron chi connectivity index (χ0n) is 45.4. The Bertz CT molecular complexity index is 4040. The average Bonchev–Trinajstić information content (AvgIpc) is 1.94. The number of amides is 1. The van der Waals surface area contributed by atoms with E-state index in [9.17, 15) is 54.4 Å². The number of carbonyl (C=O) groups excluding carboxylic acids is 3. The van der Waals surface area contributed by atoms with E-state index in [1.807, 2.05) is 0 Å². The summed E-state index contributed by atoms with van der Waals surface area (Å²) in [7, 11) is 0. The first kappa shape index (κ1) is 60.8. The third-order valence-electron chi connectivity index (χ3n) is 14.3. The standard InChI is InChI=1S/C21H22N8O5.C18H19N5O5.C10H12N8O5/c1-4-21(27-28-22)11(2)15(33-19(32)13-8-6-5-7-9-13)18(34-21)29-10-23-14-16(29)25-20(24-12(3)30)26-17(14)31;1-3-18(21-22-19)11(2)14(27-16(25)12-7-5-4-6-8-12)15(28-18)23-10-9-13(24)20-17(23)26;11-9-14-6-3(7(22)15-9)13-2-18(6)8-4(20)5(21)10(1-19,23-8)16-17-12/h5-11,15,18H,4H2,1-3H3,(H2,24,25,26,30,31);4-11,14-15H,3H2,1-2H3,(H,20,24,26);2,4-5,8,19-21H,1H2,(H3,11,14,15,22)/t11-,15+,18+,21+;11-,14+,15+,18+;4-,5+,8-,10-/m001/s1. The van der Waals surface area contributed by atoms with Crippen LogP contribution in [-0.4, -0.2) is 130 Å². The van der Waals surface area contributed by atoms with Crippen molar-refractivity contribution in [2.75, 3.05) is 17.7 Å². The largest absolute Gasteiger partial charge is 0.454 e. The second kappa shape index (κ2) is 25.1. The van der Waals surface area contributed by atoms with Crippen LogP contribution in [0, 0.1) is 11.8 Å². The molecule has 10 rings (SSSR count). The molecular formula is C49H53N21O15. The van der Waals surface area contributed by atoms with Gasteiger partial charge in [0.25, 0.3) is 16.7 Å². The van der Waals surface area contributed by atoms with Crippen LogP contribution in [0.5, 0.6) is 0 Å². The van der Waals surface area contributed by atoms with Crippen molar-refractivity contribution in [3.05, 3.63) is 170 Å². The van der Waals surface area contributed by atoms with Crippen molar-refractivity contribution in [3.8, 4) is 0 Å². The Hall–Kier alpha value is -10.3.